The highest BCUT2D eigenvalue weighted by Gasteiger charge is 2.23. The van der Waals surface area contributed by atoms with E-state index in [1.54, 1.807) is 11.4 Å². The highest BCUT2D eigenvalue weighted by molar-refractivity contribution is 9.10. The fourth-order valence-electron chi connectivity index (χ4n) is 1.75. The molecule has 0 aliphatic heterocycles. The van der Waals surface area contributed by atoms with Gasteiger partial charge >= 0.3 is 5.97 Å². The van der Waals surface area contributed by atoms with Gasteiger partial charge in [-0.25, -0.2) is 13.2 Å². The van der Waals surface area contributed by atoms with Gasteiger partial charge in [0.1, 0.15) is 10.6 Å². The van der Waals surface area contributed by atoms with E-state index >= 15 is 0 Å². The monoisotopic (exact) mass is 390 g/mol. The highest BCUT2D eigenvalue weighted by Crippen LogP contribution is 2.30. The van der Waals surface area contributed by atoms with E-state index in [4.69, 9.17) is 9.84 Å². The van der Waals surface area contributed by atoms with Crippen LogP contribution in [0.15, 0.2) is 39.0 Å². The van der Waals surface area contributed by atoms with Gasteiger partial charge in [-0.2, -0.15) is 0 Å². The normalized spacial score (nSPS) is 11.3. The minimum atomic E-state index is -3.70. The van der Waals surface area contributed by atoms with Gasteiger partial charge in [0.05, 0.1) is 18.4 Å². The van der Waals surface area contributed by atoms with Crippen LogP contribution in [0, 0.1) is 0 Å². The van der Waals surface area contributed by atoms with Gasteiger partial charge in [0, 0.05) is 14.7 Å². The first-order chi connectivity index (χ1) is 9.83. The largest absolute Gasteiger partial charge is 0.495 e. The first-order valence-electron chi connectivity index (χ1n) is 5.70. The number of hydrogen-bond donors (Lipinski definition) is 1. The molecule has 2 rings (SSSR count). The molecule has 21 heavy (non-hydrogen) atoms. The average molecular weight is 391 g/mol. The number of benzene rings is 1. The fourth-order valence-corrected chi connectivity index (χ4v) is 5.10. The summed E-state index contributed by atoms with van der Waals surface area (Å²) in [7, 11) is -2.35. The lowest BCUT2D eigenvalue weighted by molar-refractivity contribution is 0.0696. The molecule has 1 aromatic carbocycles. The van der Waals surface area contributed by atoms with Crippen LogP contribution in [-0.4, -0.2) is 26.6 Å². The Morgan fingerprint density at radius 3 is 2.62 bits per heavy atom. The summed E-state index contributed by atoms with van der Waals surface area (Å²) in [5.74, 6) is -1.26. The predicted molar refractivity (Wildman–Crippen MR) is 82.9 cm³/mol. The summed E-state index contributed by atoms with van der Waals surface area (Å²) in [5.41, 5.74) is -0.0956. The number of hydrogen-bond acceptors (Lipinski definition) is 5. The van der Waals surface area contributed by atoms with Crippen molar-refractivity contribution < 1.29 is 23.1 Å². The number of carboxylic acids is 1. The van der Waals surface area contributed by atoms with Crippen LogP contribution in [0.3, 0.4) is 0 Å². The van der Waals surface area contributed by atoms with Crippen molar-refractivity contribution in [3.05, 3.63) is 44.6 Å². The van der Waals surface area contributed by atoms with Crippen LogP contribution >= 0.6 is 27.3 Å². The molecule has 5 nitrogen and oxygen atoms in total. The summed E-state index contributed by atoms with van der Waals surface area (Å²) in [5, 5.41) is 10.8. The smallest absolute Gasteiger partial charge is 0.335 e. The molecule has 0 spiro atoms. The van der Waals surface area contributed by atoms with Crippen LogP contribution in [-0.2, 0) is 15.6 Å². The first kappa shape index (κ1) is 16.0. The zero-order valence-corrected chi connectivity index (χ0v) is 14.1. The Hall–Kier alpha value is -1.38. The van der Waals surface area contributed by atoms with Gasteiger partial charge in [-0.3, -0.25) is 0 Å². The number of methoxy groups -OCH3 is 1. The molecular formula is C13H11BrO5S2. The molecule has 1 N–H and O–H groups in total. The van der Waals surface area contributed by atoms with E-state index in [-0.39, 0.29) is 22.0 Å². The maximum absolute atomic E-state index is 12.5. The fraction of sp³-hybridized carbons (Fsp3) is 0.154. The second-order valence-corrected chi connectivity index (χ2v) is 8.03. The molecule has 1 heterocycles. The van der Waals surface area contributed by atoms with Crippen molar-refractivity contribution in [1.29, 1.82) is 0 Å². The molecule has 0 aliphatic rings. The van der Waals surface area contributed by atoms with Crippen LogP contribution in [0.25, 0.3) is 0 Å². The third-order valence-electron chi connectivity index (χ3n) is 2.70. The molecule has 0 saturated carbocycles. The summed E-state index contributed by atoms with van der Waals surface area (Å²) in [4.78, 5) is 11.5. The second kappa shape index (κ2) is 6.17. The lowest BCUT2D eigenvalue weighted by atomic mass is 10.2. The summed E-state index contributed by atoms with van der Waals surface area (Å²) < 4.78 is 30.8. The van der Waals surface area contributed by atoms with Crippen molar-refractivity contribution in [3.63, 3.8) is 0 Å². The van der Waals surface area contributed by atoms with E-state index in [2.05, 4.69) is 15.9 Å². The Labute approximate surface area is 134 Å². The molecule has 0 unspecified atom stereocenters. The van der Waals surface area contributed by atoms with Crippen molar-refractivity contribution in [1.82, 2.24) is 0 Å². The molecule has 2 aromatic rings. The maximum atomic E-state index is 12.5. The standard InChI is InChI=1S/C13H11BrO5S2/c1-19-11-3-2-8(13(15)16)4-12(11)21(17,18)7-10-5-9(14)6-20-10/h2-6H,7H2,1H3,(H,15,16). The van der Waals surface area contributed by atoms with Gasteiger partial charge in [0.15, 0.2) is 9.84 Å². The third-order valence-corrected chi connectivity index (χ3v) is 6.26. The zero-order chi connectivity index (χ0) is 15.6. The molecule has 8 heteroatoms. The number of aromatic carboxylic acids is 1. The molecule has 0 bridgehead atoms. The van der Waals surface area contributed by atoms with E-state index < -0.39 is 15.8 Å². The predicted octanol–water partition coefficient (Wildman–Crippen LogP) is 3.19. The van der Waals surface area contributed by atoms with Crippen molar-refractivity contribution in [3.8, 4) is 5.75 Å². The van der Waals surface area contributed by atoms with Crippen molar-refractivity contribution in [2.24, 2.45) is 0 Å². The number of halogens is 1. The molecule has 0 amide bonds. The number of ether oxygens (including phenoxy) is 1. The number of sulfone groups is 1. The van der Waals surface area contributed by atoms with E-state index in [1.807, 2.05) is 0 Å². The number of thiophene rings is 1. The molecule has 0 aliphatic carbocycles. The van der Waals surface area contributed by atoms with Gasteiger partial charge in [0.2, 0.25) is 0 Å². The molecule has 112 valence electrons. The molecule has 0 saturated heterocycles. The Kier molecular flexibility index (Phi) is 4.70. The van der Waals surface area contributed by atoms with Crippen LogP contribution < -0.4 is 4.74 Å². The Morgan fingerprint density at radius 1 is 1.38 bits per heavy atom. The Balaban J connectivity index is 2.47. The van der Waals surface area contributed by atoms with Crippen molar-refractivity contribution in [2.45, 2.75) is 10.6 Å². The number of rotatable bonds is 5. The van der Waals surface area contributed by atoms with Crippen molar-refractivity contribution in [2.75, 3.05) is 7.11 Å². The minimum absolute atomic E-state index is 0.0956. The van der Waals surface area contributed by atoms with Gasteiger partial charge in [-0.05, 0) is 40.2 Å². The lowest BCUT2D eigenvalue weighted by Crippen LogP contribution is -2.08. The minimum Gasteiger partial charge on any atom is -0.495 e. The molecule has 0 fully saturated rings. The van der Waals surface area contributed by atoms with Crippen LogP contribution in [0.5, 0.6) is 5.75 Å². The first-order valence-corrected chi connectivity index (χ1v) is 9.03. The zero-order valence-electron chi connectivity index (χ0n) is 10.9. The summed E-state index contributed by atoms with van der Waals surface area (Å²) in [6.45, 7) is 0. The van der Waals surface area contributed by atoms with Gasteiger partial charge in [-0.1, -0.05) is 0 Å². The van der Waals surface area contributed by atoms with Crippen molar-refractivity contribution >= 4 is 43.1 Å². The molecular weight excluding hydrogens is 380 g/mol. The third kappa shape index (κ3) is 3.63. The SMILES string of the molecule is COc1ccc(C(=O)O)cc1S(=O)(=O)Cc1cc(Br)cs1. The number of carbonyl (C=O) groups is 1. The van der Waals surface area contributed by atoms with Crippen LogP contribution in [0.1, 0.15) is 15.2 Å². The van der Waals surface area contributed by atoms with Crippen LogP contribution in [0.4, 0.5) is 0 Å². The average Bonchev–Trinajstić information content (AvgIpc) is 2.82. The summed E-state index contributed by atoms with van der Waals surface area (Å²) in [6.07, 6.45) is 0. The lowest BCUT2D eigenvalue weighted by Gasteiger charge is -2.09. The second-order valence-electron chi connectivity index (χ2n) is 4.16. The molecule has 1 aromatic heterocycles. The quantitative estimate of drug-likeness (QED) is 0.847. The van der Waals surface area contributed by atoms with E-state index in [0.29, 0.717) is 4.88 Å². The molecule has 0 atom stereocenters. The van der Waals surface area contributed by atoms with Gasteiger partial charge in [0.25, 0.3) is 0 Å². The van der Waals surface area contributed by atoms with E-state index in [1.165, 1.54) is 30.6 Å². The Bertz CT molecular complexity index is 780. The Morgan fingerprint density at radius 2 is 2.10 bits per heavy atom. The maximum Gasteiger partial charge on any atom is 0.335 e. The van der Waals surface area contributed by atoms with Gasteiger partial charge in [-0.15, -0.1) is 11.3 Å². The highest BCUT2D eigenvalue weighted by atomic mass is 79.9. The number of carboxylic acid groups (broad SMARTS) is 1. The topological polar surface area (TPSA) is 80.7 Å². The summed E-state index contributed by atoms with van der Waals surface area (Å²) >= 11 is 4.58. The van der Waals surface area contributed by atoms with Gasteiger partial charge < -0.3 is 9.84 Å². The van der Waals surface area contributed by atoms with Crippen LogP contribution in [0.2, 0.25) is 0 Å². The van der Waals surface area contributed by atoms with E-state index in [9.17, 15) is 13.2 Å². The summed E-state index contributed by atoms with van der Waals surface area (Å²) in [6, 6.07) is 5.50. The van der Waals surface area contributed by atoms with E-state index in [0.717, 1.165) is 10.5 Å². The molecule has 0 radical (unpaired) electrons.